The van der Waals surface area contributed by atoms with Gasteiger partial charge in [-0.05, 0) is 35.6 Å². The van der Waals surface area contributed by atoms with Crippen molar-refractivity contribution in [2.45, 2.75) is 13.3 Å². The maximum Gasteiger partial charge on any atom is -0.0135 e. The first-order valence-electron chi connectivity index (χ1n) is 6.84. The molecule has 20 heavy (non-hydrogen) atoms. The molecule has 0 amide bonds. The van der Waals surface area contributed by atoms with Crippen molar-refractivity contribution >= 4 is 11.1 Å². The van der Waals surface area contributed by atoms with Crippen LogP contribution in [0.25, 0.3) is 11.1 Å². The summed E-state index contributed by atoms with van der Waals surface area (Å²) in [6.07, 6.45) is 15.4. The number of rotatable bonds is 4. The zero-order valence-electron chi connectivity index (χ0n) is 12.0. The largest absolute Gasteiger partial charge is 0.0990 e. The van der Waals surface area contributed by atoms with E-state index < -0.39 is 0 Å². The van der Waals surface area contributed by atoms with Gasteiger partial charge in [0.25, 0.3) is 0 Å². The van der Waals surface area contributed by atoms with Crippen molar-refractivity contribution in [1.29, 1.82) is 0 Å². The van der Waals surface area contributed by atoms with Crippen LogP contribution in [0.4, 0.5) is 0 Å². The van der Waals surface area contributed by atoms with Crippen LogP contribution in [0.5, 0.6) is 0 Å². The number of allylic oxidation sites excluding steroid dienone is 10. The Hall–Kier alpha value is -2.34. The standard InChI is InChI=1S/C20H20/c1-4-7-17(5-2)19-12-14-20(15-13-19)18-9-6-8-16(3)10-11-18/h4-7,9-15H,1-2,8H2,3H3/b17-7+. The Morgan fingerprint density at radius 2 is 1.85 bits per heavy atom. The summed E-state index contributed by atoms with van der Waals surface area (Å²) in [4.78, 5) is 0. The third kappa shape index (κ3) is 3.36. The van der Waals surface area contributed by atoms with Gasteiger partial charge in [0, 0.05) is 0 Å². The lowest BCUT2D eigenvalue weighted by molar-refractivity contribution is 1.22. The Morgan fingerprint density at radius 1 is 1.10 bits per heavy atom. The molecule has 0 saturated carbocycles. The third-order valence-corrected chi connectivity index (χ3v) is 3.35. The molecule has 0 nitrogen and oxygen atoms in total. The highest BCUT2D eigenvalue weighted by Gasteiger charge is 2.02. The van der Waals surface area contributed by atoms with Gasteiger partial charge in [-0.15, -0.1) is 0 Å². The van der Waals surface area contributed by atoms with Crippen molar-refractivity contribution in [2.24, 2.45) is 0 Å². The van der Waals surface area contributed by atoms with Gasteiger partial charge in [0.1, 0.15) is 0 Å². The molecular formula is C20H20. The Bertz CT molecular complexity index is 617. The molecule has 0 saturated heterocycles. The molecule has 0 fully saturated rings. The summed E-state index contributed by atoms with van der Waals surface area (Å²) in [5, 5.41) is 0. The second kappa shape index (κ2) is 6.72. The molecule has 0 N–H and O–H groups in total. The zero-order valence-corrected chi connectivity index (χ0v) is 12.0. The van der Waals surface area contributed by atoms with Gasteiger partial charge in [-0.25, -0.2) is 0 Å². The number of hydrogen-bond acceptors (Lipinski definition) is 0. The van der Waals surface area contributed by atoms with Crippen LogP contribution >= 0.6 is 0 Å². The van der Waals surface area contributed by atoms with Gasteiger partial charge < -0.3 is 0 Å². The van der Waals surface area contributed by atoms with Crippen LogP contribution in [0.15, 0.2) is 85.5 Å². The van der Waals surface area contributed by atoms with Crippen LogP contribution in [0.2, 0.25) is 0 Å². The molecule has 100 valence electrons. The predicted octanol–water partition coefficient (Wildman–Crippen LogP) is 5.73. The van der Waals surface area contributed by atoms with E-state index in [1.165, 1.54) is 16.7 Å². The van der Waals surface area contributed by atoms with E-state index in [0.29, 0.717) is 0 Å². The minimum atomic E-state index is 1.03. The van der Waals surface area contributed by atoms with Gasteiger partial charge in [-0.3, -0.25) is 0 Å². The predicted molar refractivity (Wildman–Crippen MR) is 90.3 cm³/mol. The zero-order chi connectivity index (χ0) is 14.4. The van der Waals surface area contributed by atoms with Crippen molar-refractivity contribution in [3.63, 3.8) is 0 Å². The first kappa shape index (κ1) is 14.1. The SMILES string of the molecule is C=C/C=C(\C=C)c1ccc(C2=CC=C(C)CC=C2)cc1. The van der Waals surface area contributed by atoms with Crippen molar-refractivity contribution < 1.29 is 0 Å². The fourth-order valence-electron chi connectivity index (χ4n) is 2.18. The molecule has 0 aliphatic heterocycles. The number of benzene rings is 1. The summed E-state index contributed by atoms with van der Waals surface area (Å²) in [6.45, 7) is 9.73. The van der Waals surface area contributed by atoms with Crippen LogP contribution in [-0.2, 0) is 0 Å². The fourth-order valence-corrected chi connectivity index (χ4v) is 2.18. The minimum Gasteiger partial charge on any atom is -0.0990 e. The van der Waals surface area contributed by atoms with Crippen LogP contribution < -0.4 is 0 Å². The summed E-state index contributed by atoms with van der Waals surface area (Å²) >= 11 is 0. The van der Waals surface area contributed by atoms with Crippen LogP contribution in [0.3, 0.4) is 0 Å². The molecule has 1 aromatic carbocycles. The van der Waals surface area contributed by atoms with Crippen molar-refractivity contribution in [1.82, 2.24) is 0 Å². The van der Waals surface area contributed by atoms with E-state index in [0.717, 1.165) is 17.6 Å². The Kier molecular flexibility index (Phi) is 4.73. The van der Waals surface area contributed by atoms with Crippen LogP contribution in [0.1, 0.15) is 24.5 Å². The lowest BCUT2D eigenvalue weighted by Gasteiger charge is -2.05. The molecule has 0 radical (unpaired) electrons. The molecule has 0 bridgehead atoms. The average Bonchev–Trinajstić information content (AvgIpc) is 2.70. The molecule has 0 heteroatoms. The van der Waals surface area contributed by atoms with Gasteiger partial charge in [0.2, 0.25) is 0 Å². The van der Waals surface area contributed by atoms with Crippen LogP contribution in [0, 0.1) is 0 Å². The monoisotopic (exact) mass is 260 g/mol. The first-order valence-corrected chi connectivity index (χ1v) is 6.84. The van der Waals surface area contributed by atoms with E-state index in [4.69, 9.17) is 0 Å². The average molecular weight is 260 g/mol. The minimum absolute atomic E-state index is 1.03. The first-order chi connectivity index (χ1) is 9.74. The van der Waals surface area contributed by atoms with Gasteiger partial charge >= 0.3 is 0 Å². The second-order valence-corrected chi connectivity index (χ2v) is 4.88. The molecule has 0 atom stereocenters. The Balaban J connectivity index is 2.31. The van der Waals surface area contributed by atoms with Crippen molar-refractivity contribution in [3.8, 4) is 0 Å². The lowest BCUT2D eigenvalue weighted by atomic mass is 9.99. The van der Waals surface area contributed by atoms with E-state index in [1.807, 2.05) is 12.2 Å². The van der Waals surface area contributed by atoms with Crippen molar-refractivity contribution in [2.75, 3.05) is 0 Å². The maximum atomic E-state index is 3.84. The normalized spacial score (nSPS) is 15.2. The Labute approximate surface area is 121 Å². The summed E-state index contributed by atoms with van der Waals surface area (Å²) in [6, 6.07) is 8.56. The third-order valence-electron chi connectivity index (χ3n) is 3.35. The molecule has 1 aromatic rings. The smallest absolute Gasteiger partial charge is 0.0135 e. The van der Waals surface area contributed by atoms with Gasteiger partial charge in [-0.1, -0.05) is 85.5 Å². The highest BCUT2D eigenvalue weighted by atomic mass is 14.1. The van der Waals surface area contributed by atoms with Gasteiger partial charge in [0.15, 0.2) is 0 Å². The molecule has 0 unspecified atom stereocenters. The van der Waals surface area contributed by atoms with Crippen LogP contribution in [-0.4, -0.2) is 0 Å². The summed E-state index contributed by atoms with van der Waals surface area (Å²) < 4.78 is 0. The molecule has 0 heterocycles. The van der Waals surface area contributed by atoms with Gasteiger partial charge in [-0.2, -0.15) is 0 Å². The summed E-state index contributed by atoms with van der Waals surface area (Å²) in [7, 11) is 0. The lowest BCUT2D eigenvalue weighted by Crippen LogP contribution is -1.84. The molecule has 1 aliphatic carbocycles. The van der Waals surface area contributed by atoms with Crippen molar-refractivity contribution in [3.05, 3.63) is 96.7 Å². The van der Waals surface area contributed by atoms with E-state index >= 15 is 0 Å². The molecule has 2 rings (SSSR count). The fraction of sp³-hybridized carbons (Fsp3) is 0.100. The maximum absolute atomic E-state index is 3.84. The summed E-state index contributed by atoms with van der Waals surface area (Å²) in [5.74, 6) is 0. The molecule has 1 aliphatic rings. The van der Waals surface area contributed by atoms with E-state index in [2.05, 4.69) is 68.7 Å². The topological polar surface area (TPSA) is 0 Å². The number of hydrogen-bond donors (Lipinski definition) is 0. The van der Waals surface area contributed by atoms with E-state index in [-0.39, 0.29) is 0 Å². The molecular weight excluding hydrogens is 240 g/mol. The van der Waals surface area contributed by atoms with E-state index in [9.17, 15) is 0 Å². The second-order valence-electron chi connectivity index (χ2n) is 4.88. The molecule has 0 spiro atoms. The quantitative estimate of drug-likeness (QED) is 0.606. The Morgan fingerprint density at radius 3 is 2.50 bits per heavy atom. The van der Waals surface area contributed by atoms with E-state index in [1.54, 1.807) is 6.08 Å². The summed E-state index contributed by atoms with van der Waals surface area (Å²) in [5.41, 5.74) is 6.12. The molecule has 0 aromatic heterocycles. The highest BCUT2D eigenvalue weighted by molar-refractivity contribution is 5.79. The van der Waals surface area contributed by atoms with Gasteiger partial charge in [0.05, 0.1) is 0 Å². The highest BCUT2D eigenvalue weighted by Crippen LogP contribution is 2.23.